The summed E-state index contributed by atoms with van der Waals surface area (Å²) in [5.74, 6) is -0.00105. The first-order chi connectivity index (χ1) is 9.88. The predicted molar refractivity (Wildman–Crippen MR) is 74.0 cm³/mol. The second-order valence-corrected chi connectivity index (χ2v) is 6.35. The number of hydrogen-bond donors (Lipinski definition) is 1. The Kier molecular flexibility index (Phi) is 5.15. The number of nitrogens with one attached hydrogen (secondary N) is 1. The summed E-state index contributed by atoms with van der Waals surface area (Å²) in [7, 11) is 0. The number of aromatic nitrogens is 1. The minimum absolute atomic E-state index is 0.104. The highest BCUT2D eigenvalue weighted by atomic mass is 32.2. The lowest BCUT2D eigenvalue weighted by atomic mass is 10.2. The van der Waals surface area contributed by atoms with Crippen molar-refractivity contribution in [2.24, 2.45) is 0 Å². The number of thioether (sulfide) groups is 2. The van der Waals surface area contributed by atoms with Crippen LogP contribution in [0.2, 0.25) is 0 Å². The summed E-state index contributed by atoms with van der Waals surface area (Å²) in [6.45, 7) is 0. The van der Waals surface area contributed by atoms with Gasteiger partial charge in [0.1, 0.15) is 0 Å². The lowest BCUT2D eigenvalue weighted by Crippen LogP contribution is -2.38. The van der Waals surface area contributed by atoms with E-state index in [1.165, 1.54) is 0 Å². The van der Waals surface area contributed by atoms with Crippen LogP contribution in [0.1, 0.15) is 12.0 Å². The predicted octanol–water partition coefficient (Wildman–Crippen LogP) is 2.34. The van der Waals surface area contributed by atoms with Gasteiger partial charge in [-0.3, -0.25) is 14.6 Å². The SMILES string of the molecule is O=C(CSc1cnccc1C(F)(F)F)NC1CCSC1=O. The van der Waals surface area contributed by atoms with Crippen LogP contribution in [-0.2, 0) is 15.8 Å². The smallest absolute Gasteiger partial charge is 0.345 e. The molecule has 1 aliphatic heterocycles. The minimum Gasteiger partial charge on any atom is -0.345 e. The summed E-state index contributed by atoms with van der Waals surface area (Å²) in [5, 5.41) is 2.42. The number of carbonyl (C=O) groups excluding carboxylic acids is 2. The van der Waals surface area contributed by atoms with Crippen LogP contribution in [0, 0.1) is 0 Å². The molecule has 1 fully saturated rings. The molecule has 9 heteroatoms. The fourth-order valence-electron chi connectivity index (χ4n) is 1.74. The summed E-state index contributed by atoms with van der Waals surface area (Å²) in [5.41, 5.74) is -0.817. The first-order valence-corrected chi connectivity index (χ1v) is 7.95. The Morgan fingerprint density at radius 1 is 1.52 bits per heavy atom. The van der Waals surface area contributed by atoms with Crippen LogP contribution in [-0.4, -0.2) is 33.6 Å². The number of pyridine rings is 1. The quantitative estimate of drug-likeness (QED) is 0.855. The van der Waals surface area contributed by atoms with Gasteiger partial charge in [0.2, 0.25) is 11.0 Å². The summed E-state index contributed by atoms with van der Waals surface area (Å²) < 4.78 is 38.3. The van der Waals surface area contributed by atoms with Crippen LogP contribution < -0.4 is 5.32 Å². The van der Waals surface area contributed by atoms with E-state index in [4.69, 9.17) is 0 Å². The molecule has 0 radical (unpaired) electrons. The second kappa shape index (κ2) is 6.69. The summed E-state index contributed by atoms with van der Waals surface area (Å²) >= 11 is 1.90. The molecule has 4 nitrogen and oxygen atoms in total. The van der Waals surface area contributed by atoms with Crippen LogP contribution in [0.4, 0.5) is 13.2 Å². The summed E-state index contributed by atoms with van der Waals surface area (Å²) in [6.07, 6.45) is -1.79. The molecule has 1 aromatic rings. The average Bonchev–Trinajstić information content (AvgIpc) is 2.81. The van der Waals surface area contributed by atoms with Crippen molar-refractivity contribution in [1.82, 2.24) is 10.3 Å². The molecule has 0 bridgehead atoms. The van der Waals surface area contributed by atoms with Gasteiger partial charge in [-0.15, -0.1) is 11.8 Å². The van der Waals surface area contributed by atoms with Gasteiger partial charge in [-0.25, -0.2) is 0 Å². The van der Waals surface area contributed by atoms with E-state index in [1.54, 1.807) is 0 Å². The summed E-state index contributed by atoms with van der Waals surface area (Å²) in [6, 6.07) is 0.344. The fourth-order valence-corrected chi connectivity index (χ4v) is 3.51. The summed E-state index contributed by atoms with van der Waals surface area (Å²) in [4.78, 5) is 26.6. The third-order valence-electron chi connectivity index (χ3n) is 2.72. The number of carbonyl (C=O) groups is 2. The van der Waals surface area contributed by atoms with Crippen molar-refractivity contribution in [3.63, 3.8) is 0 Å². The monoisotopic (exact) mass is 336 g/mol. The van der Waals surface area contributed by atoms with Crippen molar-refractivity contribution in [3.05, 3.63) is 24.0 Å². The zero-order chi connectivity index (χ0) is 15.5. The van der Waals surface area contributed by atoms with E-state index in [2.05, 4.69) is 10.3 Å². The van der Waals surface area contributed by atoms with E-state index in [1.807, 2.05) is 0 Å². The Bertz CT molecular complexity index is 552. The Hall–Kier alpha value is -1.22. The van der Waals surface area contributed by atoms with Crippen molar-refractivity contribution in [2.75, 3.05) is 11.5 Å². The van der Waals surface area contributed by atoms with Crippen molar-refractivity contribution in [2.45, 2.75) is 23.5 Å². The van der Waals surface area contributed by atoms with Gasteiger partial charge in [0.15, 0.2) is 0 Å². The number of hydrogen-bond acceptors (Lipinski definition) is 5. The second-order valence-electron chi connectivity index (χ2n) is 4.23. The van der Waals surface area contributed by atoms with Crippen LogP contribution in [0.15, 0.2) is 23.4 Å². The van der Waals surface area contributed by atoms with Crippen molar-refractivity contribution in [3.8, 4) is 0 Å². The van der Waals surface area contributed by atoms with Gasteiger partial charge < -0.3 is 5.32 Å². The highest BCUT2D eigenvalue weighted by molar-refractivity contribution is 8.14. The third kappa shape index (κ3) is 4.37. The Balaban J connectivity index is 1.94. The first kappa shape index (κ1) is 16.2. The molecule has 2 rings (SSSR count). The molecule has 0 spiro atoms. The van der Waals surface area contributed by atoms with Crippen molar-refractivity contribution < 1.29 is 22.8 Å². The molecular formula is C12H11F3N2O2S2. The molecule has 114 valence electrons. The maximum absolute atomic E-state index is 12.8. The normalized spacial score (nSPS) is 18.8. The molecule has 0 saturated carbocycles. The minimum atomic E-state index is -4.49. The molecule has 1 atom stereocenters. The van der Waals surface area contributed by atoms with E-state index in [9.17, 15) is 22.8 Å². The Labute approximate surface area is 127 Å². The molecule has 0 aromatic carbocycles. The first-order valence-electron chi connectivity index (χ1n) is 5.98. The molecule has 21 heavy (non-hydrogen) atoms. The maximum atomic E-state index is 12.8. The standard InChI is InChI=1S/C12H11F3N2O2S2/c13-12(14,15)7-1-3-16-5-9(7)21-6-10(18)17-8-2-4-20-11(8)19/h1,3,5,8H,2,4,6H2,(H,17,18). The number of nitrogens with zero attached hydrogens (tertiary/aromatic N) is 1. The highest BCUT2D eigenvalue weighted by Crippen LogP contribution is 2.35. The molecule has 1 unspecified atom stereocenters. The van der Waals surface area contributed by atoms with E-state index in [-0.39, 0.29) is 15.8 Å². The maximum Gasteiger partial charge on any atom is 0.417 e. The van der Waals surface area contributed by atoms with E-state index in [0.717, 1.165) is 42.0 Å². The van der Waals surface area contributed by atoms with Crippen LogP contribution >= 0.6 is 23.5 Å². The molecular weight excluding hydrogens is 325 g/mol. The Morgan fingerprint density at radius 3 is 2.90 bits per heavy atom. The molecule has 1 amide bonds. The van der Waals surface area contributed by atoms with E-state index >= 15 is 0 Å². The van der Waals surface area contributed by atoms with Gasteiger partial charge >= 0.3 is 6.18 Å². The van der Waals surface area contributed by atoms with Gasteiger partial charge in [0.25, 0.3) is 0 Å². The lowest BCUT2D eigenvalue weighted by molar-refractivity contribution is -0.139. The molecule has 0 aliphatic carbocycles. The van der Waals surface area contributed by atoms with E-state index < -0.39 is 23.7 Å². The number of rotatable bonds is 4. The number of halogens is 3. The van der Waals surface area contributed by atoms with Gasteiger partial charge in [-0.05, 0) is 12.5 Å². The molecule has 1 N–H and O–H groups in total. The lowest BCUT2D eigenvalue weighted by Gasteiger charge is -2.12. The van der Waals surface area contributed by atoms with E-state index in [0.29, 0.717) is 12.2 Å². The Morgan fingerprint density at radius 2 is 2.29 bits per heavy atom. The van der Waals surface area contributed by atoms with Gasteiger partial charge in [0, 0.05) is 23.0 Å². The number of amides is 1. The fraction of sp³-hybridized carbons (Fsp3) is 0.417. The zero-order valence-corrected chi connectivity index (χ0v) is 12.3. The largest absolute Gasteiger partial charge is 0.417 e. The molecule has 1 aromatic heterocycles. The van der Waals surface area contributed by atoms with Crippen LogP contribution in [0.25, 0.3) is 0 Å². The molecule has 1 aliphatic rings. The van der Waals surface area contributed by atoms with Crippen LogP contribution in [0.3, 0.4) is 0 Å². The molecule has 1 saturated heterocycles. The topological polar surface area (TPSA) is 59.1 Å². The van der Waals surface area contributed by atoms with Crippen molar-refractivity contribution >= 4 is 34.5 Å². The average molecular weight is 336 g/mol. The van der Waals surface area contributed by atoms with Crippen LogP contribution in [0.5, 0.6) is 0 Å². The van der Waals surface area contributed by atoms with Crippen molar-refractivity contribution in [1.29, 1.82) is 0 Å². The van der Waals surface area contributed by atoms with Gasteiger partial charge in [-0.2, -0.15) is 13.2 Å². The van der Waals surface area contributed by atoms with Gasteiger partial charge in [0.05, 0.1) is 17.4 Å². The highest BCUT2D eigenvalue weighted by Gasteiger charge is 2.33. The van der Waals surface area contributed by atoms with Gasteiger partial charge in [-0.1, -0.05) is 11.8 Å². The molecule has 2 heterocycles. The number of alkyl halides is 3. The zero-order valence-electron chi connectivity index (χ0n) is 10.6. The third-order valence-corrected chi connectivity index (χ3v) is 4.77.